The average molecular weight is 409 g/mol. The number of hydrogen-bond donors (Lipinski definition) is 1. The molecule has 0 aliphatic carbocycles. The number of aryl methyl sites for hydroxylation is 2. The molecule has 0 spiro atoms. The largest absolute Gasteiger partial charge is 0.332 e. The van der Waals surface area contributed by atoms with Crippen molar-refractivity contribution in [3.8, 4) is 0 Å². The summed E-state index contributed by atoms with van der Waals surface area (Å²) in [7, 11) is 4.57. The number of imidazole rings is 1. The minimum absolute atomic E-state index is 0.0292. The van der Waals surface area contributed by atoms with Crippen LogP contribution in [0.25, 0.3) is 11.2 Å². The van der Waals surface area contributed by atoms with Crippen molar-refractivity contribution in [1.29, 1.82) is 0 Å². The van der Waals surface area contributed by atoms with Gasteiger partial charge in [0.1, 0.15) is 17.3 Å². The Hall–Kier alpha value is -2.95. The number of carbonyl (C=O) groups is 1. The van der Waals surface area contributed by atoms with E-state index in [0.29, 0.717) is 10.8 Å². The van der Waals surface area contributed by atoms with E-state index in [1.807, 2.05) is 0 Å². The second-order valence-electron chi connectivity index (χ2n) is 6.07. The molecule has 8 nitrogen and oxygen atoms in total. The number of benzene rings is 1. The maximum Gasteiger partial charge on any atom is 0.332 e. The fraction of sp³-hybridized carbons (Fsp3) is 0.294. The number of aromatic nitrogens is 4. The van der Waals surface area contributed by atoms with Crippen molar-refractivity contribution in [2.75, 3.05) is 11.1 Å². The SMILES string of the molecule is Cn1c(=O)c2nc(SCCC(=O)Nc3c(F)cccc3F)n(C)c2n(C)c1=O. The zero-order valence-corrected chi connectivity index (χ0v) is 16.1. The van der Waals surface area contributed by atoms with Gasteiger partial charge >= 0.3 is 5.69 Å². The molecule has 0 fully saturated rings. The molecule has 1 N–H and O–H groups in total. The molecule has 3 aromatic rings. The van der Waals surface area contributed by atoms with Crippen LogP contribution in [0.3, 0.4) is 0 Å². The van der Waals surface area contributed by atoms with E-state index in [0.717, 1.165) is 16.7 Å². The van der Waals surface area contributed by atoms with Gasteiger partial charge in [0.25, 0.3) is 5.56 Å². The number of rotatable bonds is 5. The zero-order chi connectivity index (χ0) is 20.6. The van der Waals surface area contributed by atoms with E-state index in [-0.39, 0.29) is 17.7 Å². The summed E-state index contributed by atoms with van der Waals surface area (Å²) < 4.78 is 31.0. The molecule has 0 aliphatic rings. The second kappa shape index (κ2) is 7.58. The fourth-order valence-corrected chi connectivity index (χ4v) is 3.65. The highest BCUT2D eigenvalue weighted by Crippen LogP contribution is 2.22. The van der Waals surface area contributed by atoms with E-state index in [9.17, 15) is 23.2 Å². The molecule has 0 unspecified atom stereocenters. The minimum atomic E-state index is -0.854. The topological polar surface area (TPSA) is 90.9 Å². The Morgan fingerprint density at radius 2 is 1.75 bits per heavy atom. The highest BCUT2D eigenvalue weighted by Gasteiger charge is 2.18. The van der Waals surface area contributed by atoms with E-state index >= 15 is 0 Å². The van der Waals surface area contributed by atoms with Gasteiger partial charge in [-0.05, 0) is 12.1 Å². The fourth-order valence-electron chi connectivity index (χ4n) is 2.74. The van der Waals surface area contributed by atoms with Crippen LogP contribution in [0.2, 0.25) is 0 Å². The predicted molar refractivity (Wildman–Crippen MR) is 102 cm³/mol. The average Bonchev–Trinajstić information content (AvgIpc) is 2.98. The number of para-hydroxylation sites is 1. The van der Waals surface area contributed by atoms with Crippen molar-refractivity contribution in [3.05, 3.63) is 50.7 Å². The van der Waals surface area contributed by atoms with Crippen molar-refractivity contribution in [2.45, 2.75) is 11.6 Å². The Balaban J connectivity index is 1.74. The number of amides is 1. The van der Waals surface area contributed by atoms with Gasteiger partial charge in [-0.15, -0.1) is 0 Å². The number of fused-ring (bicyclic) bond motifs is 1. The summed E-state index contributed by atoms with van der Waals surface area (Å²) >= 11 is 1.19. The number of nitrogens with zero attached hydrogens (tertiary/aromatic N) is 4. The summed E-state index contributed by atoms with van der Waals surface area (Å²) in [5.41, 5.74) is -0.948. The van der Waals surface area contributed by atoms with Gasteiger partial charge in [-0.3, -0.25) is 18.7 Å². The first-order valence-corrected chi connectivity index (χ1v) is 9.20. The molecule has 2 aromatic heterocycles. The smallest absolute Gasteiger partial charge is 0.321 e. The summed E-state index contributed by atoms with van der Waals surface area (Å²) in [6.45, 7) is 0. The summed E-state index contributed by atoms with van der Waals surface area (Å²) in [6.07, 6.45) is -0.0292. The van der Waals surface area contributed by atoms with Crippen molar-refractivity contribution >= 4 is 34.5 Å². The van der Waals surface area contributed by atoms with Crippen LogP contribution in [-0.2, 0) is 25.9 Å². The van der Waals surface area contributed by atoms with Gasteiger partial charge in [0.05, 0.1) is 0 Å². The molecule has 0 saturated carbocycles. The van der Waals surface area contributed by atoms with Crippen LogP contribution in [0.1, 0.15) is 6.42 Å². The highest BCUT2D eigenvalue weighted by atomic mass is 32.2. The third-order valence-corrected chi connectivity index (χ3v) is 5.24. The quantitative estimate of drug-likeness (QED) is 0.643. The molecule has 0 radical (unpaired) electrons. The first-order valence-electron chi connectivity index (χ1n) is 8.21. The lowest BCUT2D eigenvalue weighted by molar-refractivity contribution is -0.115. The molecule has 0 saturated heterocycles. The number of anilines is 1. The van der Waals surface area contributed by atoms with Gasteiger partial charge in [0, 0.05) is 33.3 Å². The number of hydrogen-bond acceptors (Lipinski definition) is 5. The minimum Gasteiger partial charge on any atom is -0.321 e. The summed E-state index contributed by atoms with van der Waals surface area (Å²) in [4.78, 5) is 40.5. The van der Waals surface area contributed by atoms with Crippen molar-refractivity contribution in [3.63, 3.8) is 0 Å². The van der Waals surface area contributed by atoms with Crippen LogP contribution in [0.5, 0.6) is 0 Å². The third-order valence-electron chi connectivity index (χ3n) is 4.21. The van der Waals surface area contributed by atoms with Crippen LogP contribution in [0.4, 0.5) is 14.5 Å². The Kier molecular flexibility index (Phi) is 5.36. The van der Waals surface area contributed by atoms with Crippen molar-refractivity contribution in [1.82, 2.24) is 18.7 Å². The van der Waals surface area contributed by atoms with Crippen LogP contribution in [0, 0.1) is 11.6 Å². The van der Waals surface area contributed by atoms with Gasteiger partial charge in [-0.2, -0.15) is 0 Å². The van der Waals surface area contributed by atoms with Gasteiger partial charge in [0.15, 0.2) is 16.3 Å². The van der Waals surface area contributed by atoms with E-state index in [1.165, 1.54) is 36.5 Å². The molecule has 3 rings (SSSR count). The molecule has 2 heterocycles. The number of thioether (sulfide) groups is 1. The van der Waals surface area contributed by atoms with Gasteiger partial charge in [-0.1, -0.05) is 17.8 Å². The molecule has 11 heteroatoms. The van der Waals surface area contributed by atoms with Crippen molar-refractivity contribution < 1.29 is 13.6 Å². The lowest BCUT2D eigenvalue weighted by Crippen LogP contribution is -2.37. The molecule has 1 aromatic carbocycles. The Labute approximate surface area is 161 Å². The summed E-state index contributed by atoms with van der Waals surface area (Å²) in [6, 6.07) is 3.31. The third kappa shape index (κ3) is 3.44. The summed E-state index contributed by atoms with van der Waals surface area (Å²) in [5, 5.41) is 2.65. The molecular weight excluding hydrogens is 392 g/mol. The Morgan fingerprint density at radius 1 is 1.11 bits per heavy atom. The molecule has 0 bridgehead atoms. The van der Waals surface area contributed by atoms with Crippen LogP contribution >= 0.6 is 11.8 Å². The van der Waals surface area contributed by atoms with Gasteiger partial charge in [-0.25, -0.2) is 18.6 Å². The van der Waals surface area contributed by atoms with Gasteiger partial charge in [0.2, 0.25) is 5.91 Å². The molecule has 28 heavy (non-hydrogen) atoms. The second-order valence-corrected chi connectivity index (χ2v) is 7.14. The van der Waals surface area contributed by atoms with E-state index in [1.54, 1.807) is 11.6 Å². The first kappa shape index (κ1) is 19.8. The molecule has 0 aliphatic heterocycles. The molecule has 1 amide bonds. The van der Waals surface area contributed by atoms with E-state index in [4.69, 9.17) is 0 Å². The van der Waals surface area contributed by atoms with E-state index < -0.39 is 34.5 Å². The lowest BCUT2D eigenvalue weighted by atomic mass is 10.3. The van der Waals surface area contributed by atoms with Crippen LogP contribution in [0.15, 0.2) is 32.9 Å². The molecule has 0 atom stereocenters. The van der Waals surface area contributed by atoms with Crippen LogP contribution < -0.4 is 16.6 Å². The normalized spacial score (nSPS) is 11.2. The predicted octanol–water partition coefficient (Wildman–Crippen LogP) is 1.37. The van der Waals surface area contributed by atoms with Crippen molar-refractivity contribution in [2.24, 2.45) is 21.1 Å². The zero-order valence-electron chi connectivity index (χ0n) is 15.3. The lowest BCUT2D eigenvalue weighted by Gasteiger charge is -2.08. The van der Waals surface area contributed by atoms with Crippen LogP contribution in [-0.4, -0.2) is 30.3 Å². The maximum absolute atomic E-state index is 13.6. The highest BCUT2D eigenvalue weighted by molar-refractivity contribution is 7.99. The number of carbonyl (C=O) groups excluding carboxylic acids is 1. The first-order chi connectivity index (χ1) is 13.2. The van der Waals surface area contributed by atoms with E-state index in [2.05, 4.69) is 10.3 Å². The Bertz CT molecular complexity index is 1180. The monoisotopic (exact) mass is 409 g/mol. The van der Waals surface area contributed by atoms with Gasteiger partial charge < -0.3 is 9.88 Å². The maximum atomic E-state index is 13.6. The number of halogens is 2. The Morgan fingerprint density at radius 3 is 2.39 bits per heavy atom. The standard InChI is InChI=1S/C17H17F2N5O3S/c1-22-14-13(15(26)24(3)17(27)23(14)2)21-16(22)28-8-7-11(25)20-12-9(18)5-4-6-10(12)19/h4-6H,7-8H2,1-3H3,(H,20,25). The number of nitrogens with one attached hydrogen (secondary N) is 1. The summed E-state index contributed by atoms with van der Waals surface area (Å²) in [5.74, 6) is -2.01. The molecule has 148 valence electrons. The molecular formula is C17H17F2N5O3S.